The Morgan fingerprint density at radius 2 is 2.11 bits per heavy atom. The molecule has 0 aliphatic carbocycles. The Morgan fingerprint density at radius 3 is 2.72 bits per heavy atom. The van der Waals surface area contributed by atoms with Crippen LogP contribution < -0.4 is 10.1 Å². The maximum absolute atomic E-state index is 5.39. The van der Waals surface area contributed by atoms with Crippen molar-refractivity contribution < 1.29 is 4.74 Å². The molecule has 96 valence electrons. The number of aromatic nitrogens is 2. The predicted molar refractivity (Wildman–Crippen MR) is 73.4 cm³/mol. The zero-order valence-electron chi connectivity index (χ0n) is 11.3. The number of rotatable bonds is 4. The number of hydrogen-bond acceptors (Lipinski definition) is 3. The summed E-state index contributed by atoms with van der Waals surface area (Å²) in [5.74, 6) is 1.71. The third-order valence-electron chi connectivity index (χ3n) is 3.02. The zero-order valence-corrected chi connectivity index (χ0v) is 11.3. The molecule has 0 atom stereocenters. The highest BCUT2D eigenvalue weighted by Crippen LogP contribution is 2.23. The molecule has 0 aliphatic heterocycles. The summed E-state index contributed by atoms with van der Waals surface area (Å²) in [6, 6.07) is 6.20. The highest BCUT2D eigenvalue weighted by Gasteiger charge is 2.10. The molecule has 4 heteroatoms. The van der Waals surface area contributed by atoms with Gasteiger partial charge >= 0.3 is 0 Å². The first kappa shape index (κ1) is 12.5. The second-order valence-electron chi connectivity index (χ2n) is 4.40. The summed E-state index contributed by atoms with van der Waals surface area (Å²) in [6.07, 6.45) is 0.773. The minimum absolute atomic E-state index is 0.773. The molecule has 2 rings (SSSR count). The van der Waals surface area contributed by atoms with Crippen LogP contribution in [0.1, 0.15) is 22.5 Å². The molecule has 0 unspecified atom stereocenters. The van der Waals surface area contributed by atoms with Gasteiger partial charge in [-0.1, -0.05) is 17.7 Å². The molecule has 1 aromatic heterocycles. The van der Waals surface area contributed by atoms with Gasteiger partial charge in [0.25, 0.3) is 0 Å². The lowest BCUT2D eigenvalue weighted by Gasteiger charge is -2.08. The number of aryl methyl sites for hydroxylation is 2. The van der Waals surface area contributed by atoms with E-state index < -0.39 is 0 Å². The van der Waals surface area contributed by atoms with E-state index in [-0.39, 0.29) is 0 Å². The van der Waals surface area contributed by atoms with Crippen molar-refractivity contribution in [3.63, 3.8) is 0 Å². The van der Waals surface area contributed by atoms with E-state index in [1.807, 2.05) is 20.0 Å². The number of ether oxygens (including phenoxy) is 1. The summed E-state index contributed by atoms with van der Waals surface area (Å²) < 4.78 is 5.39. The molecular weight excluding hydrogens is 226 g/mol. The molecule has 0 radical (unpaired) electrons. The Labute approximate surface area is 107 Å². The Morgan fingerprint density at radius 1 is 1.33 bits per heavy atom. The third kappa shape index (κ3) is 2.47. The van der Waals surface area contributed by atoms with Crippen molar-refractivity contribution in [1.29, 1.82) is 0 Å². The fourth-order valence-electron chi connectivity index (χ4n) is 2.01. The summed E-state index contributed by atoms with van der Waals surface area (Å²) in [4.78, 5) is 7.71. The van der Waals surface area contributed by atoms with Crippen molar-refractivity contribution in [2.45, 2.75) is 20.3 Å². The lowest BCUT2D eigenvalue weighted by Crippen LogP contribution is -1.96. The number of aromatic amines is 1. The number of methoxy groups -OCH3 is 1. The standard InChI is InChI=1S/C14H19N3O/c1-9-5-6-13(18-4)11(7-9)8-12-10(2)16-14(15-3)17-12/h5-7H,8H2,1-4H3,(H2,15,16,17). The van der Waals surface area contributed by atoms with Gasteiger partial charge in [-0.3, -0.25) is 0 Å². The van der Waals surface area contributed by atoms with Gasteiger partial charge in [-0.05, 0) is 19.9 Å². The highest BCUT2D eigenvalue weighted by atomic mass is 16.5. The van der Waals surface area contributed by atoms with Crippen molar-refractivity contribution in [2.24, 2.45) is 0 Å². The number of anilines is 1. The van der Waals surface area contributed by atoms with Crippen LogP contribution in [-0.4, -0.2) is 24.1 Å². The van der Waals surface area contributed by atoms with Crippen LogP contribution >= 0.6 is 0 Å². The van der Waals surface area contributed by atoms with Gasteiger partial charge in [-0.25, -0.2) is 4.98 Å². The number of imidazole rings is 1. The first-order valence-corrected chi connectivity index (χ1v) is 6.00. The van der Waals surface area contributed by atoms with Crippen molar-refractivity contribution in [3.05, 3.63) is 40.7 Å². The number of hydrogen-bond donors (Lipinski definition) is 2. The number of nitrogens with one attached hydrogen (secondary N) is 2. The van der Waals surface area contributed by atoms with E-state index in [1.165, 1.54) is 5.56 Å². The zero-order chi connectivity index (χ0) is 13.1. The van der Waals surface area contributed by atoms with Crippen molar-refractivity contribution in [1.82, 2.24) is 9.97 Å². The number of benzene rings is 1. The smallest absolute Gasteiger partial charge is 0.200 e. The normalized spacial score (nSPS) is 10.4. The van der Waals surface area contributed by atoms with Crippen molar-refractivity contribution in [2.75, 3.05) is 19.5 Å². The van der Waals surface area contributed by atoms with Gasteiger partial charge in [-0.15, -0.1) is 0 Å². The molecular formula is C14H19N3O. The monoisotopic (exact) mass is 245 g/mol. The van der Waals surface area contributed by atoms with Crippen molar-refractivity contribution in [3.8, 4) is 5.75 Å². The van der Waals surface area contributed by atoms with E-state index in [0.29, 0.717) is 0 Å². The fraction of sp³-hybridized carbons (Fsp3) is 0.357. The molecule has 2 aromatic rings. The van der Waals surface area contributed by atoms with Gasteiger partial charge in [0.2, 0.25) is 0 Å². The lowest BCUT2D eigenvalue weighted by molar-refractivity contribution is 0.410. The Hall–Kier alpha value is -1.97. The second kappa shape index (κ2) is 5.12. The molecule has 0 bridgehead atoms. The Kier molecular flexibility index (Phi) is 3.55. The molecule has 2 N–H and O–H groups in total. The average molecular weight is 245 g/mol. The summed E-state index contributed by atoms with van der Waals surface area (Å²) in [6.45, 7) is 4.12. The van der Waals surface area contributed by atoms with E-state index in [2.05, 4.69) is 34.3 Å². The number of nitrogens with zero attached hydrogens (tertiary/aromatic N) is 1. The van der Waals surface area contributed by atoms with Crippen LogP contribution in [-0.2, 0) is 6.42 Å². The molecule has 0 saturated carbocycles. The minimum Gasteiger partial charge on any atom is -0.496 e. The molecule has 1 heterocycles. The van der Waals surface area contributed by atoms with Gasteiger partial charge in [0.15, 0.2) is 5.95 Å². The van der Waals surface area contributed by atoms with Crippen LogP contribution in [0.5, 0.6) is 5.75 Å². The summed E-state index contributed by atoms with van der Waals surface area (Å²) >= 11 is 0. The lowest BCUT2D eigenvalue weighted by atomic mass is 10.0. The van der Waals surface area contributed by atoms with Gasteiger partial charge in [0.05, 0.1) is 12.8 Å². The summed E-state index contributed by atoms with van der Waals surface area (Å²) in [5, 5.41) is 3.02. The van der Waals surface area contributed by atoms with E-state index in [0.717, 1.165) is 35.1 Å². The first-order valence-electron chi connectivity index (χ1n) is 6.00. The van der Waals surface area contributed by atoms with Gasteiger partial charge in [0, 0.05) is 24.7 Å². The van der Waals surface area contributed by atoms with Crippen LogP contribution in [0, 0.1) is 13.8 Å². The van der Waals surface area contributed by atoms with Gasteiger partial charge in [-0.2, -0.15) is 0 Å². The average Bonchev–Trinajstić information content (AvgIpc) is 2.71. The van der Waals surface area contributed by atoms with Crippen LogP contribution in [0.25, 0.3) is 0 Å². The quantitative estimate of drug-likeness (QED) is 0.870. The Balaban J connectivity index is 2.32. The Bertz CT molecular complexity index is 546. The topological polar surface area (TPSA) is 49.9 Å². The summed E-state index contributed by atoms with van der Waals surface area (Å²) in [5.41, 5.74) is 4.52. The number of H-pyrrole nitrogens is 1. The molecule has 0 spiro atoms. The van der Waals surface area contributed by atoms with Crippen LogP contribution in [0.3, 0.4) is 0 Å². The molecule has 1 aromatic carbocycles. The molecule has 18 heavy (non-hydrogen) atoms. The van der Waals surface area contributed by atoms with Crippen LogP contribution in [0.15, 0.2) is 18.2 Å². The molecule has 0 amide bonds. The molecule has 0 saturated heterocycles. The molecule has 0 aliphatic rings. The maximum Gasteiger partial charge on any atom is 0.200 e. The van der Waals surface area contributed by atoms with E-state index >= 15 is 0 Å². The molecule has 0 fully saturated rings. The summed E-state index contributed by atoms with van der Waals surface area (Å²) in [7, 11) is 3.56. The molecule has 4 nitrogen and oxygen atoms in total. The second-order valence-corrected chi connectivity index (χ2v) is 4.40. The maximum atomic E-state index is 5.39. The van der Waals surface area contributed by atoms with Gasteiger partial charge in [0.1, 0.15) is 5.75 Å². The van der Waals surface area contributed by atoms with E-state index in [9.17, 15) is 0 Å². The largest absolute Gasteiger partial charge is 0.496 e. The van der Waals surface area contributed by atoms with Gasteiger partial charge < -0.3 is 15.0 Å². The van der Waals surface area contributed by atoms with E-state index in [4.69, 9.17) is 4.74 Å². The SMILES string of the molecule is CNc1nc(Cc2cc(C)ccc2OC)c(C)[nH]1. The van der Waals surface area contributed by atoms with Crippen molar-refractivity contribution >= 4 is 5.95 Å². The first-order chi connectivity index (χ1) is 8.63. The predicted octanol–water partition coefficient (Wildman–Crippen LogP) is 2.67. The van der Waals surface area contributed by atoms with Crippen LogP contribution in [0.2, 0.25) is 0 Å². The third-order valence-corrected chi connectivity index (χ3v) is 3.02. The minimum atomic E-state index is 0.773. The van der Waals surface area contributed by atoms with Crippen LogP contribution in [0.4, 0.5) is 5.95 Å². The van der Waals surface area contributed by atoms with E-state index in [1.54, 1.807) is 7.11 Å². The highest BCUT2D eigenvalue weighted by molar-refractivity contribution is 5.41. The fourth-order valence-corrected chi connectivity index (χ4v) is 2.01.